The average Bonchev–Trinajstić information content (AvgIpc) is 2.55. The maximum absolute atomic E-state index is 9.34. The van der Waals surface area contributed by atoms with Crippen LogP contribution in [0, 0.1) is 0 Å². The molecule has 1 saturated carbocycles. The van der Waals surface area contributed by atoms with Crippen molar-refractivity contribution in [3.63, 3.8) is 0 Å². The number of hydrogen-bond donors (Lipinski definition) is 1. The predicted molar refractivity (Wildman–Crippen MR) is 69.1 cm³/mol. The van der Waals surface area contributed by atoms with Crippen LogP contribution >= 0.6 is 0 Å². The minimum absolute atomic E-state index is 0.00185. The standard InChI is InChI=1S/C14H27NO2/c1-14(2)11-15(9-13(10-16)17-14)12-7-5-3-4-6-8-12/h12-13,16H,3-11H2,1-2H3. The number of morpholine rings is 1. The van der Waals surface area contributed by atoms with E-state index in [0.717, 1.165) is 19.1 Å². The molecule has 0 spiro atoms. The van der Waals surface area contributed by atoms with Gasteiger partial charge in [0.1, 0.15) is 0 Å². The van der Waals surface area contributed by atoms with Gasteiger partial charge in [-0.1, -0.05) is 25.7 Å². The van der Waals surface area contributed by atoms with Crippen LogP contribution in [0.2, 0.25) is 0 Å². The molecule has 1 heterocycles. The lowest BCUT2D eigenvalue weighted by atomic mass is 10.00. The summed E-state index contributed by atoms with van der Waals surface area (Å²) >= 11 is 0. The second-order valence-corrected chi connectivity index (χ2v) is 6.26. The lowest BCUT2D eigenvalue weighted by molar-refractivity contribution is -0.157. The van der Waals surface area contributed by atoms with Crippen molar-refractivity contribution in [3.05, 3.63) is 0 Å². The van der Waals surface area contributed by atoms with Crippen LogP contribution in [0.15, 0.2) is 0 Å². The molecule has 0 amide bonds. The van der Waals surface area contributed by atoms with Gasteiger partial charge in [0.2, 0.25) is 0 Å². The van der Waals surface area contributed by atoms with Gasteiger partial charge in [0.25, 0.3) is 0 Å². The van der Waals surface area contributed by atoms with Crippen molar-refractivity contribution in [1.29, 1.82) is 0 Å². The SMILES string of the molecule is CC1(C)CN(C2CCCCCC2)CC(CO)O1. The van der Waals surface area contributed by atoms with Gasteiger partial charge in [0, 0.05) is 19.1 Å². The Morgan fingerprint density at radius 2 is 1.82 bits per heavy atom. The smallest absolute Gasteiger partial charge is 0.0940 e. The molecule has 2 aliphatic rings. The van der Waals surface area contributed by atoms with E-state index in [1.807, 2.05) is 0 Å². The summed E-state index contributed by atoms with van der Waals surface area (Å²) in [5.41, 5.74) is -0.113. The van der Waals surface area contributed by atoms with Crippen molar-refractivity contribution in [1.82, 2.24) is 4.90 Å². The monoisotopic (exact) mass is 241 g/mol. The summed E-state index contributed by atoms with van der Waals surface area (Å²) in [5, 5.41) is 9.34. The van der Waals surface area contributed by atoms with Crippen LogP contribution < -0.4 is 0 Å². The highest BCUT2D eigenvalue weighted by Gasteiger charge is 2.35. The molecule has 1 unspecified atom stereocenters. The first kappa shape index (κ1) is 13.3. The number of hydrogen-bond acceptors (Lipinski definition) is 3. The van der Waals surface area contributed by atoms with Crippen LogP contribution in [-0.2, 0) is 4.74 Å². The summed E-state index contributed by atoms with van der Waals surface area (Å²) < 4.78 is 5.88. The first-order valence-electron chi connectivity index (χ1n) is 7.13. The summed E-state index contributed by atoms with van der Waals surface area (Å²) in [5.74, 6) is 0. The summed E-state index contributed by atoms with van der Waals surface area (Å²) in [4.78, 5) is 2.57. The van der Waals surface area contributed by atoms with Crippen LogP contribution in [0.5, 0.6) is 0 Å². The summed E-state index contributed by atoms with van der Waals surface area (Å²) in [6.07, 6.45) is 8.18. The lowest BCUT2D eigenvalue weighted by Crippen LogP contribution is -2.56. The summed E-state index contributed by atoms with van der Waals surface area (Å²) in [7, 11) is 0. The van der Waals surface area contributed by atoms with E-state index in [-0.39, 0.29) is 18.3 Å². The molecule has 3 nitrogen and oxygen atoms in total. The van der Waals surface area contributed by atoms with Crippen LogP contribution in [-0.4, -0.2) is 47.4 Å². The van der Waals surface area contributed by atoms with Crippen molar-refractivity contribution in [3.8, 4) is 0 Å². The van der Waals surface area contributed by atoms with Crippen LogP contribution in [0.25, 0.3) is 0 Å². The lowest BCUT2D eigenvalue weighted by Gasteiger charge is -2.45. The van der Waals surface area contributed by atoms with E-state index in [4.69, 9.17) is 4.74 Å². The topological polar surface area (TPSA) is 32.7 Å². The molecule has 0 aromatic carbocycles. The van der Waals surface area contributed by atoms with E-state index >= 15 is 0 Å². The molecule has 2 rings (SSSR count). The molecule has 0 radical (unpaired) electrons. The maximum atomic E-state index is 9.34. The molecule has 2 fully saturated rings. The fourth-order valence-electron chi connectivity index (χ4n) is 3.34. The highest BCUT2D eigenvalue weighted by atomic mass is 16.5. The Balaban J connectivity index is 1.98. The number of aliphatic hydroxyl groups is 1. The molecule has 3 heteroatoms. The minimum Gasteiger partial charge on any atom is -0.394 e. The summed E-state index contributed by atoms with van der Waals surface area (Å²) in [6.45, 7) is 6.34. The van der Waals surface area contributed by atoms with Gasteiger partial charge in [-0.15, -0.1) is 0 Å². The maximum Gasteiger partial charge on any atom is 0.0940 e. The fraction of sp³-hybridized carbons (Fsp3) is 1.00. The number of rotatable bonds is 2. The average molecular weight is 241 g/mol. The molecule has 1 atom stereocenters. The van der Waals surface area contributed by atoms with E-state index in [1.165, 1.54) is 38.5 Å². The van der Waals surface area contributed by atoms with Gasteiger partial charge in [-0.3, -0.25) is 4.90 Å². The predicted octanol–water partition coefficient (Wildman–Crippen LogP) is 2.18. The van der Waals surface area contributed by atoms with Gasteiger partial charge in [0.05, 0.1) is 18.3 Å². The second-order valence-electron chi connectivity index (χ2n) is 6.26. The normalized spacial score (nSPS) is 32.3. The Morgan fingerprint density at radius 3 is 2.41 bits per heavy atom. The van der Waals surface area contributed by atoms with Crippen molar-refractivity contribution in [2.45, 2.75) is 70.1 Å². The zero-order valence-electron chi connectivity index (χ0n) is 11.3. The fourth-order valence-corrected chi connectivity index (χ4v) is 3.34. The molecule has 1 saturated heterocycles. The first-order valence-corrected chi connectivity index (χ1v) is 7.13. The van der Waals surface area contributed by atoms with Gasteiger partial charge in [0.15, 0.2) is 0 Å². The van der Waals surface area contributed by atoms with Crippen molar-refractivity contribution >= 4 is 0 Å². The van der Waals surface area contributed by atoms with Crippen LogP contribution in [0.4, 0.5) is 0 Å². The molecule has 17 heavy (non-hydrogen) atoms. The van der Waals surface area contributed by atoms with Gasteiger partial charge in [-0.2, -0.15) is 0 Å². The van der Waals surface area contributed by atoms with Crippen LogP contribution in [0.1, 0.15) is 52.4 Å². The van der Waals surface area contributed by atoms with Gasteiger partial charge in [-0.05, 0) is 26.7 Å². The molecule has 1 N–H and O–H groups in total. The molecule has 1 aliphatic heterocycles. The second kappa shape index (κ2) is 5.68. The Labute approximate surface area is 105 Å². The third kappa shape index (κ3) is 3.67. The van der Waals surface area contributed by atoms with Gasteiger partial charge >= 0.3 is 0 Å². The van der Waals surface area contributed by atoms with E-state index in [2.05, 4.69) is 18.7 Å². The van der Waals surface area contributed by atoms with E-state index < -0.39 is 0 Å². The molecule has 0 aromatic rings. The number of ether oxygens (including phenoxy) is 1. The molecule has 1 aliphatic carbocycles. The Hall–Kier alpha value is -0.120. The third-order valence-electron chi connectivity index (χ3n) is 4.05. The molecule has 0 bridgehead atoms. The minimum atomic E-state index is -0.113. The van der Waals surface area contributed by atoms with E-state index in [1.54, 1.807) is 0 Å². The largest absolute Gasteiger partial charge is 0.394 e. The van der Waals surface area contributed by atoms with Crippen molar-refractivity contribution in [2.75, 3.05) is 19.7 Å². The van der Waals surface area contributed by atoms with Crippen LogP contribution in [0.3, 0.4) is 0 Å². The Bertz CT molecular complexity index is 234. The molecule has 100 valence electrons. The van der Waals surface area contributed by atoms with Crippen molar-refractivity contribution in [2.24, 2.45) is 0 Å². The van der Waals surface area contributed by atoms with E-state index in [9.17, 15) is 5.11 Å². The van der Waals surface area contributed by atoms with E-state index in [0.29, 0.717) is 0 Å². The molecule has 0 aromatic heterocycles. The Morgan fingerprint density at radius 1 is 1.18 bits per heavy atom. The molecular formula is C14H27NO2. The van der Waals surface area contributed by atoms with Crippen molar-refractivity contribution < 1.29 is 9.84 Å². The zero-order valence-corrected chi connectivity index (χ0v) is 11.3. The number of nitrogens with zero attached hydrogens (tertiary/aromatic N) is 1. The van der Waals surface area contributed by atoms with Gasteiger partial charge in [-0.25, -0.2) is 0 Å². The summed E-state index contributed by atoms with van der Waals surface area (Å²) in [6, 6.07) is 0.717. The quantitative estimate of drug-likeness (QED) is 0.752. The third-order valence-corrected chi connectivity index (χ3v) is 4.05. The Kier molecular flexibility index (Phi) is 4.45. The zero-order chi connectivity index (χ0) is 12.3. The highest BCUT2D eigenvalue weighted by Crippen LogP contribution is 2.28. The molecular weight excluding hydrogens is 214 g/mol. The highest BCUT2D eigenvalue weighted by molar-refractivity contribution is 4.88. The first-order chi connectivity index (χ1) is 8.11. The number of aliphatic hydroxyl groups excluding tert-OH is 1. The van der Waals surface area contributed by atoms with Gasteiger partial charge < -0.3 is 9.84 Å².